The number of carbonyl (C=O) groups is 1. The molecular formula is C29H32N6O3S. The number of nitrogens with zero attached hydrogens (tertiary/aromatic N) is 5. The molecular weight excluding hydrogens is 512 g/mol. The zero-order valence-corrected chi connectivity index (χ0v) is 23.1. The summed E-state index contributed by atoms with van der Waals surface area (Å²) in [7, 11) is 0. The largest absolute Gasteiger partial charge is 0.396 e. The molecule has 1 aliphatic heterocycles. The van der Waals surface area contributed by atoms with Crippen LogP contribution in [0.25, 0.3) is 22.3 Å². The van der Waals surface area contributed by atoms with E-state index in [4.69, 9.17) is 19.8 Å². The van der Waals surface area contributed by atoms with Gasteiger partial charge >= 0.3 is 0 Å². The summed E-state index contributed by atoms with van der Waals surface area (Å²) in [5.74, 6) is 1.23. The lowest BCUT2D eigenvalue weighted by Gasteiger charge is -2.36. The Bertz CT molecular complexity index is 1470. The molecule has 1 amide bonds. The van der Waals surface area contributed by atoms with Gasteiger partial charge < -0.3 is 20.1 Å². The number of aliphatic hydroxyl groups is 1. The van der Waals surface area contributed by atoms with Crippen molar-refractivity contribution < 1.29 is 14.6 Å². The minimum absolute atomic E-state index is 0.0673. The van der Waals surface area contributed by atoms with Crippen molar-refractivity contribution >= 4 is 34.4 Å². The number of thioether (sulfide) groups is 1. The molecule has 5 rings (SSSR count). The third-order valence-electron chi connectivity index (χ3n) is 6.45. The lowest BCUT2D eigenvalue weighted by molar-refractivity contribution is -0.00545. The summed E-state index contributed by atoms with van der Waals surface area (Å²) in [6, 6.07) is 13.6. The number of nitrogens with one attached hydrogen (secondary N) is 1. The van der Waals surface area contributed by atoms with Gasteiger partial charge in [-0.25, -0.2) is 9.97 Å². The Morgan fingerprint density at radius 1 is 1.08 bits per heavy atom. The van der Waals surface area contributed by atoms with E-state index < -0.39 is 0 Å². The molecule has 4 aromatic heterocycles. The molecule has 9 nitrogen and oxygen atoms in total. The van der Waals surface area contributed by atoms with Crippen LogP contribution in [0, 0.1) is 6.92 Å². The Balaban J connectivity index is 1.31. The topological polar surface area (TPSA) is 113 Å². The molecule has 0 aliphatic carbocycles. The van der Waals surface area contributed by atoms with Gasteiger partial charge in [-0.05, 0) is 57.2 Å². The van der Waals surface area contributed by atoms with Crippen molar-refractivity contribution in [3.05, 3.63) is 71.8 Å². The van der Waals surface area contributed by atoms with Gasteiger partial charge in [-0.3, -0.25) is 14.8 Å². The number of aromatic nitrogens is 4. The first kappa shape index (κ1) is 27.0. The van der Waals surface area contributed by atoms with Gasteiger partial charge in [0, 0.05) is 41.5 Å². The second-order valence-corrected chi connectivity index (χ2v) is 10.8. The highest BCUT2D eigenvalue weighted by Gasteiger charge is 2.23. The van der Waals surface area contributed by atoms with Crippen molar-refractivity contribution in [1.82, 2.24) is 25.3 Å². The second kappa shape index (κ2) is 12.1. The molecule has 1 aliphatic rings. The number of hydrogen-bond acceptors (Lipinski definition) is 9. The van der Waals surface area contributed by atoms with E-state index in [1.54, 1.807) is 18.5 Å². The normalized spacial score (nSPS) is 17.4. The van der Waals surface area contributed by atoms with Gasteiger partial charge in [0.25, 0.3) is 5.91 Å². The summed E-state index contributed by atoms with van der Waals surface area (Å²) in [5.41, 5.74) is 4.36. The standard InChI is InChI=1S/C29H32N6O3S/c1-18-16-35(17-19(2)38-18)28-6-4-5-24(34-28)25-8-7-21-13-31-23(12-26(21)33-25)15-32-29(37)22-11-27(39-10-9-36)20(3)30-14-22/h4-8,11-14,18-19,36H,9-10,15-17H2,1-3H3,(H,32,37). The molecule has 2 atom stereocenters. The van der Waals surface area contributed by atoms with Gasteiger partial charge in [0.05, 0.1) is 59.2 Å². The Morgan fingerprint density at radius 3 is 2.67 bits per heavy atom. The fourth-order valence-electron chi connectivity index (χ4n) is 4.62. The third-order valence-corrected chi connectivity index (χ3v) is 7.56. The molecule has 0 bridgehead atoms. The number of aliphatic hydroxyl groups excluding tert-OH is 1. The van der Waals surface area contributed by atoms with Crippen LogP contribution in [-0.4, -0.2) is 68.6 Å². The zero-order valence-electron chi connectivity index (χ0n) is 22.3. The van der Waals surface area contributed by atoms with E-state index in [-0.39, 0.29) is 31.3 Å². The summed E-state index contributed by atoms with van der Waals surface area (Å²) in [5, 5.41) is 12.9. The number of morpholine rings is 1. The molecule has 10 heteroatoms. The molecule has 5 heterocycles. The first-order valence-corrected chi connectivity index (χ1v) is 14.0. The van der Waals surface area contributed by atoms with Crippen molar-refractivity contribution in [2.45, 2.75) is 44.4 Å². The van der Waals surface area contributed by atoms with Crippen LogP contribution in [0.5, 0.6) is 0 Å². The van der Waals surface area contributed by atoms with Gasteiger partial charge in [-0.15, -0.1) is 11.8 Å². The minimum atomic E-state index is -0.232. The van der Waals surface area contributed by atoms with Crippen LogP contribution >= 0.6 is 11.8 Å². The lowest BCUT2D eigenvalue weighted by atomic mass is 10.1. The molecule has 0 radical (unpaired) electrons. The molecule has 39 heavy (non-hydrogen) atoms. The van der Waals surface area contributed by atoms with Gasteiger partial charge in [0.1, 0.15) is 5.82 Å². The highest BCUT2D eigenvalue weighted by molar-refractivity contribution is 7.99. The predicted molar refractivity (Wildman–Crippen MR) is 153 cm³/mol. The van der Waals surface area contributed by atoms with Gasteiger partial charge in [0.2, 0.25) is 0 Å². The van der Waals surface area contributed by atoms with E-state index in [0.717, 1.165) is 51.8 Å². The van der Waals surface area contributed by atoms with Crippen molar-refractivity contribution in [1.29, 1.82) is 0 Å². The summed E-state index contributed by atoms with van der Waals surface area (Å²) in [6.07, 6.45) is 3.64. The smallest absolute Gasteiger partial charge is 0.253 e. The quantitative estimate of drug-likeness (QED) is 0.318. The fraction of sp³-hybridized carbons (Fsp3) is 0.345. The lowest BCUT2D eigenvalue weighted by Crippen LogP contribution is -2.45. The fourth-order valence-corrected chi connectivity index (χ4v) is 5.40. The summed E-state index contributed by atoms with van der Waals surface area (Å²) in [6.45, 7) is 7.98. The maximum Gasteiger partial charge on any atom is 0.253 e. The van der Waals surface area contributed by atoms with E-state index >= 15 is 0 Å². The Hall–Kier alpha value is -3.60. The number of fused-ring (bicyclic) bond motifs is 1. The Morgan fingerprint density at radius 2 is 1.87 bits per heavy atom. The number of hydrogen-bond donors (Lipinski definition) is 2. The number of rotatable bonds is 8. The molecule has 0 saturated carbocycles. The van der Waals surface area contributed by atoms with Crippen molar-refractivity contribution in [3.8, 4) is 11.4 Å². The van der Waals surface area contributed by atoms with Crippen LogP contribution in [0.3, 0.4) is 0 Å². The number of anilines is 1. The molecule has 1 saturated heterocycles. The van der Waals surface area contributed by atoms with E-state index in [0.29, 0.717) is 17.0 Å². The van der Waals surface area contributed by atoms with E-state index in [2.05, 4.69) is 34.0 Å². The van der Waals surface area contributed by atoms with E-state index in [1.807, 2.05) is 43.3 Å². The Labute approximate surface area is 232 Å². The summed E-state index contributed by atoms with van der Waals surface area (Å²) in [4.78, 5) is 34.5. The maximum absolute atomic E-state index is 12.8. The average Bonchev–Trinajstić information content (AvgIpc) is 2.94. The maximum atomic E-state index is 12.8. The van der Waals surface area contributed by atoms with Crippen molar-refractivity contribution in [2.75, 3.05) is 30.3 Å². The third kappa shape index (κ3) is 6.52. The van der Waals surface area contributed by atoms with Crippen LogP contribution in [0.15, 0.2) is 59.8 Å². The van der Waals surface area contributed by atoms with Crippen LogP contribution in [0.2, 0.25) is 0 Å². The van der Waals surface area contributed by atoms with Crippen molar-refractivity contribution in [3.63, 3.8) is 0 Å². The predicted octanol–water partition coefficient (Wildman–Crippen LogP) is 4.02. The summed E-state index contributed by atoms with van der Waals surface area (Å²) >= 11 is 1.48. The average molecular weight is 545 g/mol. The summed E-state index contributed by atoms with van der Waals surface area (Å²) < 4.78 is 5.87. The van der Waals surface area contributed by atoms with Crippen LogP contribution in [-0.2, 0) is 11.3 Å². The zero-order chi connectivity index (χ0) is 27.4. The molecule has 0 spiro atoms. The first-order chi connectivity index (χ1) is 18.9. The van der Waals surface area contributed by atoms with E-state index in [9.17, 15) is 4.79 Å². The Kier molecular flexibility index (Phi) is 8.35. The van der Waals surface area contributed by atoms with Crippen LogP contribution < -0.4 is 10.2 Å². The number of carbonyl (C=O) groups excluding carboxylic acids is 1. The molecule has 2 unspecified atom stereocenters. The van der Waals surface area contributed by atoms with E-state index in [1.165, 1.54) is 11.8 Å². The molecule has 4 aromatic rings. The van der Waals surface area contributed by atoms with Gasteiger partial charge in [-0.1, -0.05) is 6.07 Å². The molecule has 1 fully saturated rings. The molecule has 202 valence electrons. The minimum Gasteiger partial charge on any atom is -0.396 e. The van der Waals surface area contributed by atoms with Crippen LogP contribution in [0.4, 0.5) is 5.82 Å². The highest BCUT2D eigenvalue weighted by atomic mass is 32.2. The number of aryl methyl sites for hydroxylation is 1. The number of amides is 1. The number of ether oxygens (including phenoxy) is 1. The van der Waals surface area contributed by atoms with Crippen molar-refractivity contribution in [2.24, 2.45) is 0 Å². The first-order valence-electron chi connectivity index (χ1n) is 13.0. The number of pyridine rings is 4. The highest BCUT2D eigenvalue weighted by Crippen LogP contribution is 2.25. The second-order valence-electron chi connectivity index (χ2n) is 9.67. The van der Waals surface area contributed by atoms with Crippen LogP contribution in [0.1, 0.15) is 35.6 Å². The van der Waals surface area contributed by atoms with Gasteiger partial charge in [0.15, 0.2) is 0 Å². The SMILES string of the molecule is Cc1ncc(C(=O)NCc2cc3nc(-c4cccc(N5CC(C)OC(C)C5)n4)ccc3cn2)cc1SCCO. The monoisotopic (exact) mass is 544 g/mol. The molecule has 2 N–H and O–H groups in total. The van der Waals surface area contributed by atoms with Gasteiger partial charge in [-0.2, -0.15) is 0 Å². The molecule has 0 aromatic carbocycles.